The predicted molar refractivity (Wildman–Crippen MR) is 63.1 cm³/mol. The van der Waals surface area contributed by atoms with Gasteiger partial charge < -0.3 is 9.64 Å². The van der Waals surface area contributed by atoms with Gasteiger partial charge in [0.2, 0.25) is 5.91 Å². The van der Waals surface area contributed by atoms with Crippen LogP contribution in [-0.4, -0.2) is 49.6 Å². The average Bonchev–Trinajstić information content (AvgIpc) is 2.38. The Hall–Kier alpha value is -1.54. The van der Waals surface area contributed by atoms with E-state index in [2.05, 4.69) is 11.2 Å². The second-order valence-corrected chi connectivity index (χ2v) is 3.93. The molecule has 1 N–H and O–H groups in total. The topological polar surface area (TPSA) is 58.6 Å². The summed E-state index contributed by atoms with van der Waals surface area (Å²) in [6.45, 7) is 1.12. The van der Waals surface area contributed by atoms with Gasteiger partial charge in [-0.1, -0.05) is 5.92 Å². The molecule has 1 atom stereocenters. The van der Waals surface area contributed by atoms with Crippen molar-refractivity contribution in [1.82, 2.24) is 10.2 Å². The number of carbonyl (C=O) groups excluding carboxylic acids is 2. The number of hydrogen-bond acceptors (Lipinski definition) is 4. The highest BCUT2D eigenvalue weighted by molar-refractivity contribution is 5.85. The number of nitrogens with one attached hydrogen (secondary N) is 1. The Bertz CT molecular complexity index is 322. The van der Waals surface area contributed by atoms with E-state index < -0.39 is 6.04 Å². The molecule has 17 heavy (non-hydrogen) atoms. The monoisotopic (exact) mass is 238 g/mol. The van der Waals surface area contributed by atoms with Gasteiger partial charge in [-0.15, -0.1) is 6.42 Å². The molecular formula is C12H18N2O3. The third kappa shape index (κ3) is 3.75. The van der Waals surface area contributed by atoms with Crippen LogP contribution < -0.4 is 5.32 Å². The molecule has 5 nitrogen and oxygen atoms in total. The Morgan fingerprint density at radius 2 is 2.29 bits per heavy atom. The number of hydrogen-bond donors (Lipinski definition) is 1. The van der Waals surface area contributed by atoms with E-state index in [1.807, 2.05) is 0 Å². The van der Waals surface area contributed by atoms with Crippen molar-refractivity contribution in [2.75, 3.05) is 26.7 Å². The van der Waals surface area contributed by atoms with Gasteiger partial charge in [-0.2, -0.15) is 0 Å². The summed E-state index contributed by atoms with van der Waals surface area (Å²) in [5.74, 6) is 1.96. The van der Waals surface area contributed by atoms with Crippen LogP contribution in [0.2, 0.25) is 0 Å². The molecule has 1 aliphatic rings. The quantitative estimate of drug-likeness (QED) is 0.417. The van der Waals surface area contributed by atoms with E-state index >= 15 is 0 Å². The molecule has 1 unspecified atom stereocenters. The molecular weight excluding hydrogens is 220 g/mol. The van der Waals surface area contributed by atoms with Crippen molar-refractivity contribution in [2.45, 2.75) is 25.3 Å². The first-order valence-electron chi connectivity index (χ1n) is 5.72. The molecule has 1 saturated heterocycles. The molecule has 1 fully saturated rings. The lowest BCUT2D eigenvalue weighted by Crippen LogP contribution is -2.51. The molecule has 0 aromatic rings. The zero-order chi connectivity index (χ0) is 12.7. The Balaban J connectivity index is 2.55. The summed E-state index contributed by atoms with van der Waals surface area (Å²) in [5, 5.41) is 2.83. The molecule has 0 saturated carbocycles. The number of esters is 1. The number of piperidine rings is 1. The highest BCUT2D eigenvalue weighted by Gasteiger charge is 2.32. The molecule has 94 valence electrons. The van der Waals surface area contributed by atoms with E-state index in [9.17, 15) is 9.59 Å². The van der Waals surface area contributed by atoms with E-state index in [4.69, 9.17) is 11.2 Å². The maximum Gasteiger partial charge on any atom is 0.328 e. The van der Waals surface area contributed by atoms with Crippen LogP contribution in [0.3, 0.4) is 0 Å². The lowest BCUT2D eigenvalue weighted by molar-refractivity contribution is -0.154. The predicted octanol–water partition coefficient (Wildman–Crippen LogP) is -0.237. The lowest BCUT2D eigenvalue weighted by Gasteiger charge is -2.33. The number of ether oxygens (including phenoxy) is 1. The van der Waals surface area contributed by atoms with Crippen LogP contribution in [0.4, 0.5) is 0 Å². The van der Waals surface area contributed by atoms with E-state index in [0.29, 0.717) is 19.5 Å². The van der Waals surface area contributed by atoms with Gasteiger partial charge in [-0.05, 0) is 19.3 Å². The summed E-state index contributed by atoms with van der Waals surface area (Å²) in [6, 6.07) is -0.436. The number of methoxy groups -OCH3 is 1. The van der Waals surface area contributed by atoms with Crippen molar-refractivity contribution in [2.24, 2.45) is 0 Å². The van der Waals surface area contributed by atoms with Crippen molar-refractivity contribution < 1.29 is 14.3 Å². The van der Waals surface area contributed by atoms with Crippen LogP contribution in [0.1, 0.15) is 19.3 Å². The van der Waals surface area contributed by atoms with Crippen molar-refractivity contribution in [1.29, 1.82) is 0 Å². The molecule has 1 heterocycles. The smallest absolute Gasteiger partial charge is 0.328 e. The zero-order valence-electron chi connectivity index (χ0n) is 10.1. The molecule has 1 aliphatic heterocycles. The molecule has 0 bridgehead atoms. The Labute approximate surface area is 101 Å². The van der Waals surface area contributed by atoms with Gasteiger partial charge in [0.1, 0.15) is 6.04 Å². The lowest BCUT2D eigenvalue weighted by atomic mass is 10.0. The standard InChI is InChI=1S/C12H18N2O3/c1-3-7-13-9-11(15)14-8-5-4-6-10(14)12(16)17-2/h1,10,13H,4-9H2,2H3. The summed E-state index contributed by atoms with van der Waals surface area (Å²) in [4.78, 5) is 25.0. The van der Waals surface area contributed by atoms with Crippen LogP contribution in [0.5, 0.6) is 0 Å². The Morgan fingerprint density at radius 3 is 2.94 bits per heavy atom. The molecule has 0 spiro atoms. The van der Waals surface area contributed by atoms with Crippen LogP contribution >= 0.6 is 0 Å². The number of terminal acetylenes is 1. The third-order valence-electron chi connectivity index (χ3n) is 2.80. The molecule has 0 radical (unpaired) electrons. The summed E-state index contributed by atoms with van der Waals surface area (Å²) in [7, 11) is 1.34. The molecule has 0 aliphatic carbocycles. The second-order valence-electron chi connectivity index (χ2n) is 3.93. The first-order valence-corrected chi connectivity index (χ1v) is 5.72. The normalized spacial score (nSPS) is 19.5. The summed E-state index contributed by atoms with van der Waals surface area (Å²) in [5.41, 5.74) is 0. The fourth-order valence-corrected chi connectivity index (χ4v) is 1.95. The highest BCUT2D eigenvalue weighted by atomic mass is 16.5. The van der Waals surface area contributed by atoms with Gasteiger partial charge in [0.15, 0.2) is 0 Å². The van der Waals surface area contributed by atoms with Crippen molar-refractivity contribution >= 4 is 11.9 Å². The first kappa shape index (κ1) is 13.5. The molecule has 1 rings (SSSR count). The van der Waals surface area contributed by atoms with E-state index in [1.54, 1.807) is 4.90 Å². The number of likely N-dealkylation sites (tertiary alicyclic amines) is 1. The van der Waals surface area contributed by atoms with Gasteiger partial charge in [0, 0.05) is 6.54 Å². The van der Waals surface area contributed by atoms with Gasteiger partial charge >= 0.3 is 5.97 Å². The summed E-state index contributed by atoms with van der Waals surface area (Å²) in [6.07, 6.45) is 7.62. The fourth-order valence-electron chi connectivity index (χ4n) is 1.95. The largest absolute Gasteiger partial charge is 0.467 e. The van der Waals surface area contributed by atoms with Crippen LogP contribution in [-0.2, 0) is 14.3 Å². The Morgan fingerprint density at radius 1 is 1.53 bits per heavy atom. The van der Waals surface area contributed by atoms with Crippen LogP contribution in [0.15, 0.2) is 0 Å². The highest BCUT2D eigenvalue weighted by Crippen LogP contribution is 2.17. The molecule has 5 heteroatoms. The maximum atomic E-state index is 11.9. The van der Waals surface area contributed by atoms with Gasteiger partial charge in [-0.3, -0.25) is 10.1 Å². The van der Waals surface area contributed by atoms with Crippen molar-refractivity contribution in [3.05, 3.63) is 0 Å². The molecule has 1 amide bonds. The SMILES string of the molecule is C#CCNCC(=O)N1CCCCC1C(=O)OC. The van der Waals surface area contributed by atoms with Crippen LogP contribution in [0, 0.1) is 12.3 Å². The number of nitrogens with zero attached hydrogens (tertiary/aromatic N) is 1. The van der Waals surface area contributed by atoms with E-state index in [1.165, 1.54) is 7.11 Å². The fraction of sp³-hybridized carbons (Fsp3) is 0.667. The minimum atomic E-state index is -0.436. The van der Waals surface area contributed by atoms with E-state index in [0.717, 1.165) is 12.8 Å². The van der Waals surface area contributed by atoms with Crippen molar-refractivity contribution in [3.8, 4) is 12.3 Å². The third-order valence-corrected chi connectivity index (χ3v) is 2.80. The first-order chi connectivity index (χ1) is 8.20. The molecule has 0 aromatic heterocycles. The zero-order valence-corrected chi connectivity index (χ0v) is 10.1. The van der Waals surface area contributed by atoms with Gasteiger partial charge in [0.25, 0.3) is 0 Å². The second kappa shape index (κ2) is 6.92. The number of amides is 1. The number of rotatable bonds is 4. The average molecular weight is 238 g/mol. The number of carbonyl (C=O) groups is 2. The minimum Gasteiger partial charge on any atom is -0.467 e. The van der Waals surface area contributed by atoms with Gasteiger partial charge in [0.05, 0.1) is 20.2 Å². The minimum absolute atomic E-state index is 0.102. The molecule has 0 aromatic carbocycles. The van der Waals surface area contributed by atoms with E-state index in [-0.39, 0.29) is 18.4 Å². The van der Waals surface area contributed by atoms with Gasteiger partial charge in [-0.25, -0.2) is 4.79 Å². The van der Waals surface area contributed by atoms with Crippen molar-refractivity contribution in [3.63, 3.8) is 0 Å². The summed E-state index contributed by atoms with van der Waals surface area (Å²) >= 11 is 0. The summed E-state index contributed by atoms with van der Waals surface area (Å²) < 4.78 is 4.71. The van der Waals surface area contributed by atoms with Crippen LogP contribution in [0.25, 0.3) is 0 Å². The maximum absolute atomic E-state index is 11.9. The Kier molecular flexibility index (Phi) is 5.50.